The molecule has 16 heavy (non-hydrogen) atoms. The Balaban J connectivity index is 2.47. The molecule has 0 aliphatic carbocycles. The second-order valence-corrected chi connectivity index (χ2v) is 6.49. The first-order chi connectivity index (χ1) is 7.60. The Bertz CT molecular complexity index is 522. The van der Waals surface area contributed by atoms with Gasteiger partial charge in [0.1, 0.15) is 0 Å². The highest BCUT2D eigenvalue weighted by Crippen LogP contribution is 2.37. The van der Waals surface area contributed by atoms with Crippen molar-refractivity contribution >= 4 is 33.9 Å². The lowest BCUT2D eigenvalue weighted by atomic mass is 10.4. The summed E-state index contributed by atoms with van der Waals surface area (Å²) in [6, 6.07) is 15.5. The van der Waals surface area contributed by atoms with Gasteiger partial charge in [-0.2, -0.15) is 0 Å². The van der Waals surface area contributed by atoms with E-state index in [4.69, 9.17) is 0 Å². The van der Waals surface area contributed by atoms with Crippen LogP contribution in [0.1, 0.15) is 0 Å². The molecule has 0 saturated carbocycles. The van der Waals surface area contributed by atoms with E-state index >= 15 is 0 Å². The molecule has 1 unspecified atom stereocenters. The van der Waals surface area contributed by atoms with Crippen LogP contribution in [0.25, 0.3) is 0 Å². The molecule has 2 aromatic rings. The van der Waals surface area contributed by atoms with Crippen LogP contribution in [0.5, 0.6) is 0 Å². The van der Waals surface area contributed by atoms with E-state index in [1.54, 1.807) is 48.5 Å². The van der Waals surface area contributed by atoms with E-state index < -0.39 is 7.37 Å². The van der Waals surface area contributed by atoms with Gasteiger partial charge in [-0.15, -0.1) is 0 Å². The lowest BCUT2D eigenvalue weighted by Crippen LogP contribution is -2.14. The van der Waals surface area contributed by atoms with Crippen molar-refractivity contribution in [1.29, 1.82) is 0 Å². The maximum Gasteiger partial charge on any atom is 0.258 e. The van der Waals surface area contributed by atoms with Crippen LogP contribution in [0.4, 0.5) is 0 Å². The van der Waals surface area contributed by atoms with Crippen molar-refractivity contribution in [2.75, 3.05) is 0 Å². The van der Waals surface area contributed by atoms with E-state index in [9.17, 15) is 9.46 Å². The summed E-state index contributed by atoms with van der Waals surface area (Å²) in [5.41, 5.74) is 0. The van der Waals surface area contributed by atoms with Crippen LogP contribution in [0.2, 0.25) is 0 Å². The fourth-order valence-electron chi connectivity index (χ4n) is 1.42. The second kappa shape index (κ2) is 4.54. The Morgan fingerprint density at radius 3 is 1.94 bits per heavy atom. The summed E-state index contributed by atoms with van der Waals surface area (Å²) in [4.78, 5) is 10.1. The molecule has 4 heteroatoms. The summed E-state index contributed by atoms with van der Waals surface area (Å²) in [6.07, 6.45) is 0. The molecule has 1 atom stereocenters. The van der Waals surface area contributed by atoms with Crippen molar-refractivity contribution in [3.05, 3.63) is 59.1 Å². The summed E-state index contributed by atoms with van der Waals surface area (Å²) in [5, 5.41) is 0.902. The van der Waals surface area contributed by atoms with Gasteiger partial charge in [-0.3, -0.25) is 4.57 Å². The predicted octanol–water partition coefficient (Wildman–Crippen LogP) is 2.67. The average Bonchev–Trinajstić information content (AvgIpc) is 2.31. The van der Waals surface area contributed by atoms with Crippen molar-refractivity contribution < 1.29 is 9.46 Å². The van der Waals surface area contributed by atoms with E-state index in [1.165, 1.54) is 0 Å². The molecule has 0 heterocycles. The van der Waals surface area contributed by atoms with Crippen LogP contribution < -0.4 is 10.6 Å². The maximum atomic E-state index is 12.3. The monoisotopic (exact) mass is 296 g/mol. The topological polar surface area (TPSA) is 37.3 Å². The number of rotatable bonds is 2. The first-order valence-corrected chi connectivity index (χ1v) is 7.20. The summed E-state index contributed by atoms with van der Waals surface area (Å²) >= 11 is 3.30. The Morgan fingerprint density at radius 1 is 0.875 bits per heavy atom. The van der Waals surface area contributed by atoms with E-state index in [0.717, 1.165) is 4.47 Å². The average molecular weight is 297 g/mol. The first-order valence-electron chi connectivity index (χ1n) is 4.75. The standard InChI is InChI=1S/C12H10BrO2P/c13-10-6-8-12(9-7-10)16(14,15)11-4-2-1-3-5-11/h1-9H,(H,14,15). The minimum atomic E-state index is -3.44. The van der Waals surface area contributed by atoms with Crippen molar-refractivity contribution in [1.82, 2.24) is 0 Å². The molecule has 2 nitrogen and oxygen atoms in total. The molecule has 0 saturated heterocycles. The third-order valence-corrected chi connectivity index (χ3v) is 4.81. The Labute approximate surface area is 103 Å². The van der Waals surface area contributed by atoms with E-state index in [0.29, 0.717) is 10.6 Å². The first kappa shape index (κ1) is 11.6. The summed E-state index contributed by atoms with van der Waals surface area (Å²) < 4.78 is 13.2. The van der Waals surface area contributed by atoms with Gasteiger partial charge in [0.15, 0.2) is 0 Å². The quantitative estimate of drug-likeness (QED) is 0.865. The molecular weight excluding hydrogens is 287 g/mol. The Hall–Kier alpha value is -0.890. The van der Waals surface area contributed by atoms with E-state index in [1.807, 2.05) is 6.07 Å². The van der Waals surface area contributed by atoms with Gasteiger partial charge in [-0.25, -0.2) is 0 Å². The van der Waals surface area contributed by atoms with Gasteiger partial charge < -0.3 is 4.89 Å². The van der Waals surface area contributed by atoms with Crippen LogP contribution in [-0.2, 0) is 4.57 Å². The lowest BCUT2D eigenvalue weighted by molar-refractivity contribution is 0.501. The van der Waals surface area contributed by atoms with E-state index in [-0.39, 0.29) is 0 Å². The van der Waals surface area contributed by atoms with Crippen molar-refractivity contribution in [2.45, 2.75) is 0 Å². The van der Waals surface area contributed by atoms with Crippen LogP contribution in [0, 0.1) is 0 Å². The summed E-state index contributed by atoms with van der Waals surface area (Å²) in [5.74, 6) is 0. The molecule has 2 aromatic carbocycles. The number of hydrogen-bond acceptors (Lipinski definition) is 1. The fourth-order valence-corrected chi connectivity index (χ4v) is 3.11. The van der Waals surface area contributed by atoms with Crippen molar-refractivity contribution in [2.24, 2.45) is 0 Å². The van der Waals surface area contributed by atoms with Gasteiger partial charge in [0.2, 0.25) is 0 Å². The summed E-state index contributed by atoms with van der Waals surface area (Å²) in [6.45, 7) is 0. The molecular formula is C12H10BrO2P. The normalized spacial score (nSPS) is 14.4. The van der Waals surface area contributed by atoms with E-state index in [2.05, 4.69) is 15.9 Å². The molecule has 0 fully saturated rings. The molecule has 0 aliphatic rings. The SMILES string of the molecule is O=P(O)(c1ccccc1)c1ccc(Br)cc1. The number of benzene rings is 2. The highest BCUT2D eigenvalue weighted by atomic mass is 79.9. The van der Waals surface area contributed by atoms with Gasteiger partial charge in [0.25, 0.3) is 7.37 Å². The zero-order chi connectivity index (χ0) is 11.6. The number of halogens is 1. The summed E-state index contributed by atoms with van der Waals surface area (Å²) in [7, 11) is -3.44. The smallest absolute Gasteiger partial charge is 0.258 e. The maximum absolute atomic E-state index is 12.3. The molecule has 0 amide bonds. The van der Waals surface area contributed by atoms with Gasteiger partial charge in [-0.1, -0.05) is 34.1 Å². The minimum absolute atomic E-state index is 0.446. The fraction of sp³-hybridized carbons (Fsp3) is 0. The highest BCUT2D eigenvalue weighted by molar-refractivity contribution is 9.10. The van der Waals surface area contributed by atoms with Gasteiger partial charge in [0, 0.05) is 15.1 Å². The molecule has 0 aliphatic heterocycles. The largest absolute Gasteiger partial charge is 0.338 e. The van der Waals surface area contributed by atoms with Gasteiger partial charge >= 0.3 is 0 Å². The third-order valence-electron chi connectivity index (χ3n) is 2.28. The second-order valence-electron chi connectivity index (χ2n) is 3.39. The Kier molecular flexibility index (Phi) is 3.29. The molecule has 2 rings (SSSR count). The lowest BCUT2D eigenvalue weighted by Gasteiger charge is -2.11. The minimum Gasteiger partial charge on any atom is -0.338 e. The van der Waals surface area contributed by atoms with Crippen LogP contribution in [0.15, 0.2) is 59.1 Å². The predicted molar refractivity (Wildman–Crippen MR) is 69.7 cm³/mol. The van der Waals surface area contributed by atoms with Crippen molar-refractivity contribution in [3.63, 3.8) is 0 Å². The van der Waals surface area contributed by atoms with Gasteiger partial charge in [-0.05, 0) is 36.4 Å². The molecule has 0 aromatic heterocycles. The Morgan fingerprint density at radius 2 is 1.38 bits per heavy atom. The molecule has 82 valence electrons. The molecule has 1 N–H and O–H groups in total. The van der Waals surface area contributed by atoms with Crippen LogP contribution in [-0.4, -0.2) is 4.89 Å². The van der Waals surface area contributed by atoms with Gasteiger partial charge in [0.05, 0.1) is 0 Å². The third kappa shape index (κ3) is 2.27. The molecule has 0 spiro atoms. The zero-order valence-electron chi connectivity index (χ0n) is 8.38. The molecule has 0 radical (unpaired) electrons. The van der Waals surface area contributed by atoms with Crippen LogP contribution >= 0.6 is 23.3 Å². The number of hydrogen-bond donors (Lipinski definition) is 1. The van der Waals surface area contributed by atoms with Crippen LogP contribution in [0.3, 0.4) is 0 Å². The van der Waals surface area contributed by atoms with Crippen molar-refractivity contribution in [3.8, 4) is 0 Å². The highest BCUT2D eigenvalue weighted by Gasteiger charge is 2.23. The zero-order valence-corrected chi connectivity index (χ0v) is 10.9. The molecule has 0 bridgehead atoms.